The fraction of sp³-hybridized carbons (Fsp3) is 0.333. The number of hydrogen-bond donors (Lipinski definition) is 1. The van der Waals surface area contributed by atoms with Crippen molar-refractivity contribution in [1.82, 2.24) is 9.73 Å². The van der Waals surface area contributed by atoms with Crippen LogP contribution in [0.4, 0.5) is 0 Å². The van der Waals surface area contributed by atoms with Gasteiger partial charge in [0, 0.05) is 16.7 Å². The first-order valence-corrected chi connectivity index (χ1v) is 11.8. The summed E-state index contributed by atoms with van der Waals surface area (Å²) in [4.78, 5) is 12.6. The number of rotatable bonds is 8. The Morgan fingerprint density at radius 3 is 2.34 bits per heavy atom. The number of hydrazone groups is 1. The van der Waals surface area contributed by atoms with Crippen molar-refractivity contribution in [2.24, 2.45) is 5.10 Å². The number of nitrogens with zero attached hydrogens (tertiary/aromatic N) is 2. The number of sulfonamides is 1. The van der Waals surface area contributed by atoms with Crippen LogP contribution in [0.3, 0.4) is 0 Å². The largest absolute Gasteiger partial charge is 0.272 e. The Balaban J connectivity index is 1.75. The Morgan fingerprint density at radius 2 is 1.69 bits per heavy atom. The third-order valence-corrected chi connectivity index (χ3v) is 7.17. The minimum Gasteiger partial charge on any atom is -0.272 e. The zero-order chi connectivity index (χ0) is 20.7. The Morgan fingerprint density at radius 1 is 1.03 bits per heavy atom. The molecule has 0 spiro atoms. The van der Waals surface area contributed by atoms with Gasteiger partial charge in [-0.2, -0.15) is 9.41 Å². The van der Waals surface area contributed by atoms with Gasteiger partial charge < -0.3 is 0 Å². The molecule has 0 heterocycles. The van der Waals surface area contributed by atoms with E-state index in [1.807, 2.05) is 30.3 Å². The predicted molar refractivity (Wildman–Crippen MR) is 117 cm³/mol. The first-order valence-electron chi connectivity index (χ1n) is 9.59. The van der Waals surface area contributed by atoms with E-state index in [0.29, 0.717) is 6.42 Å². The lowest BCUT2D eigenvalue weighted by Gasteiger charge is -2.21. The fourth-order valence-corrected chi connectivity index (χ4v) is 4.83. The molecule has 29 heavy (non-hydrogen) atoms. The highest BCUT2D eigenvalue weighted by molar-refractivity contribution is 9.10. The summed E-state index contributed by atoms with van der Waals surface area (Å²) >= 11 is 3.32. The van der Waals surface area contributed by atoms with Crippen molar-refractivity contribution < 1.29 is 13.2 Å². The molecule has 0 atom stereocenters. The van der Waals surface area contributed by atoms with E-state index in [1.54, 1.807) is 12.1 Å². The zero-order valence-corrected chi connectivity index (χ0v) is 18.5. The van der Waals surface area contributed by atoms with Crippen LogP contribution in [-0.2, 0) is 21.2 Å². The SMILES string of the molecule is O=C(CN(CCc1ccccc1)S(=O)(=O)c1ccc(Br)cc1)NN=C1CCCC1. The Labute approximate surface area is 180 Å². The average Bonchev–Trinajstić information content (AvgIpc) is 3.24. The quantitative estimate of drug-likeness (QED) is 0.588. The van der Waals surface area contributed by atoms with E-state index >= 15 is 0 Å². The van der Waals surface area contributed by atoms with Crippen molar-refractivity contribution in [3.8, 4) is 0 Å². The van der Waals surface area contributed by atoms with Gasteiger partial charge in [-0.25, -0.2) is 13.8 Å². The first-order chi connectivity index (χ1) is 13.9. The summed E-state index contributed by atoms with van der Waals surface area (Å²) in [6, 6.07) is 16.0. The fourth-order valence-electron chi connectivity index (χ4n) is 3.17. The lowest BCUT2D eigenvalue weighted by Crippen LogP contribution is -2.40. The molecule has 0 saturated heterocycles. The second-order valence-electron chi connectivity index (χ2n) is 6.95. The van der Waals surface area contributed by atoms with Crippen molar-refractivity contribution in [2.75, 3.05) is 13.1 Å². The van der Waals surface area contributed by atoms with Crippen molar-refractivity contribution in [3.63, 3.8) is 0 Å². The van der Waals surface area contributed by atoms with Gasteiger partial charge in [-0.3, -0.25) is 4.79 Å². The van der Waals surface area contributed by atoms with E-state index in [-0.39, 0.29) is 18.0 Å². The van der Waals surface area contributed by atoms with Crippen molar-refractivity contribution >= 4 is 37.6 Å². The van der Waals surface area contributed by atoms with Gasteiger partial charge in [0.25, 0.3) is 5.91 Å². The minimum absolute atomic E-state index is 0.156. The van der Waals surface area contributed by atoms with Gasteiger partial charge in [-0.15, -0.1) is 0 Å². The van der Waals surface area contributed by atoms with E-state index in [0.717, 1.165) is 41.4 Å². The van der Waals surface area contributed by atoms with Crippen LogP contribution in [0, 0.1) is 0 Å². The number of halogens is 1. The van der Waals surface area contributed by atoms with Gasteiger partial charge in [0.15, 0.2) is 0 Å². The number of carbonyl (C=O) groups is 1. The molecule has 0 aromatic heterocycles. The van der Waals surface area contributed by atoms with Gasteiger partial charge in [-0.1, -0.05) is 46.3 Å². The van der Waals surface area contributed by atoms with Crippen LogP contribution in [0.15, 0.2) is 69.1 Å². The molecule has 0 radical (unpaired) electrons. The lowest BCUT2D eigenvalue weighted by molar-refractivity contribution is -0.121. The Kier molecular flexibility index (Phi) is 7.57. The molecule has 154 valence electrons. The summed E-state index contributed by atoms with van der Waals surface area (Å²) in [6.07, 6.45) is 4.44. The van der Waals surface area contributed by atoms with Crippen molar-refractivity contribution in [3.05, 3.63) is 64.6 Å². The van der Waals surface area contributed by atoms with Crippen LogP contribution >= 0.6 is 15.9 Å². The van der Waals surface area contributed by atoms with Crippen molar-refractivity contribution in [1.29, 1.82) is 0 Å². The van der Waals surface area contributed by atoms with E-state index in [4.69, 9.17) is 0 Å². The summed E-state index contributed by atoms with van der Waals surface area (Å²) in [5, 5.41) is 4.15. The predicted octanol–water partition coefficient (Wildman–Crippen LogP) is 3.73. The molecular formula is C21H24BrN3O3S. The number of amides is 1. The molecule has 1 saturated carbocycles. The summed E-state index contributed by atoms with van der Waals surface area (Å²) in [7, 11) is -3.82. The number of carbonyl (C=O) groups excluding carboxylic acids is 1. The van der Waals surface area contributed by atoms with Gasteiger partial charge in [0.05, 0.1) is 11.4 Å². The van der Waals surface area contributed by atoms with Gasteiger partial charge in [-0.05, 0) is 61.9 Å². The summed E-state index contributed by atoms with van der Waals surface area (Å²) < 4.78 is 28.3. The smallest absolute Gasteiger partial charge is 0.255 e. The van der Waals surface area contributed by atoms with Crippen LogP contribution in [0.2, 0.25) is 0 Å². The van der Waals surface area contributed by atoms with Crippen LogP contribution < -0.4 is 5.43 Å². The molecule has 1 aliphatic carbocycles. The van der Waals surface area contributed by atoms with E-state index < -0.39 is 15.9 Å². The standard InChI is InChI=1S/C21H24BrN3O3S/c22-18-10-12-20(13-11-18)29(27,28)25(15-14-17-6-2-1-3-7-17)16-21(26)24-23-19-8-4-5-9-19/h1-3,6-7,10-13H,4-5,8-9,14-16H2,(H,24,26). The third kappa shape index (κ3) is 6.22. The Bertz CT molecular complexity index is 952. The number of nitrogens with one attached hydrogen (secondary N) is 1. The van der Waals surface area contributed by atoms with Crippen LogP contribution in [0.25, 0.3) is 0 Å². The zero-order valence-electron chi connectivity index (χ0n) is 16.1. The number of benzene rings is 2. The van der Waals surface area contributed by atoms with Gasteiger partial charge >= 0.3 is 0 Å². The highest BCUT2D eigenvalue weighted by Crippen LogP contribution is 2.19. The van der Waals surface area contributed by atoms with Crippen molar-refractivity contribution in [2.45, 2.75) is 37.0 Å². The minimum atomic E-state index is -3.82. The van der Waals surface area contributed by atoms with Crippen LogP contribution in [0.1, 0.15) is 31.2 Å². The molecule has 1 amide bonds. The van der Waals surface area contributed by atoms with Crippen LogP contribution in [-0.4, -0.2) is 37.4 Å². The number of hydrogen-bond acceptors (Lipinski definition) is 4. The van der Waals surface area contributed by atoms with E-state index in [9.17, 15) is 13.2 Å². The van der Waals surface area contributed by atoms with E-state index in [2.05, 4.69) is 26.5 Å². The monoisotopic (exact) mass is 477 g/mol. The highest BCUT2D eigenvalue weighted by Gasteiger charge is 2.26. The second-order valence-corrected chi connectivity index (χ2v) is 9.80. The molecule has 8 heteroatoms. The summed E-state index contributed by atoms with van der Waals surface area (Å²) in [5.74, 6) is -0.432. The molecule has 2 aromatic rings. The molecule has 2 aromatic carbocycles. The molecule has 6 nitrogen and oxygen atoms in total. The molecule has 3 rings (SSSR count). The molecule has 0 unspecified atom stereocenters. The lowest BCUT2D eigenvalue weighted by atomic mass is 10.1. The van der Waals surface area contributed by atoms with Gasteiger partial charge in [0.2, 0.25) is 10.0 Å². The van der Waals surface area contributed by atoms with Crippen LogP contribution in [0.5, 0.6) is 0 Å². The summed E-state index contributed by atoms with van der Waals surface area (Å²) in [6.45, 7) is -0.0750. The first kappa shape index (κ1) is 21.7. The topological polar surface area (TPSA) is 78.8 Å². The molecule has 0 bridgehead atoms. The maximum atomic E-state index is 13.2. The molecule has 1 fully saturated rings. The molecule has 1 N–H and O–H groups in total. The summed E-state index contributed by atoms with van der Waals surface area (Å²) in [5.41, 5.74) is 4.49. The maximum absolute atomic E-state index is 13.2. The second kappa shape index (κ2) is 10.1. The maximum Gasteiger partial charge on any atom is 0.255 e. The normalized spacial score (nSPS) is 14.2. The Hall–Kier alpha value is -2.03. The molecule has 0 aliphatic heterocycles. The molecular weight excluding hydrogens is 454 g/mol. The van der Waals surface area contributed by atoms with E-state index in [1.165, 1.54) is 16.4 Å². The third-order valence-electron chi connectivity index (χ3n) is 4.78. The van der Waals surface area contributed by atoms with Gasteiger partial charge in [0.1, 0.15) is 0 Å². The molecule has 1 aliphatic rings. The average molecular weight is 478 g/mol. The highest BCUT2D eigenvalue weighted by atomic mass is 79.9.